The van der Waals surface area contributed by atoms with E-state index < -0.39 is 0 Å². The van der Waals surface area contributed by atoms with Crippen LogP contribution in [-0.4, -0.2) is 30.6 Å². The molecule has 0 spiro atoms. The topological polar surface area (TPSA) is 41.6 Å². The van der Waals surface area contributed by atoms with Gasteiger partial charge in [-0.3, -0.25) is 9.69 Å². The molecule has 0 unspecified atom stereocenters. The minimum Gasteiger partial charge on any atom is -0.382 e. The lowest BCUT2D eigenvalue weighted by Gasteiger charge is -2.17. The number of hydrogen-bond acceptors (Lipinski definition) is 3. The van der Waals surface area contributed by atoms with Gasteiger partial charge in [0.1, 0.15) is 0 Å². The molecule has 1 N–H and O–H groups in total. The van der Waals surface area contributed by atoms with Gasteiger partial charge >= 0.3 is 0 Å². The molecule has 3 rings (SSSR count). The van der Waals surface area contributed by atoms with Crippen molar-refractivity contribution in [3.63, 3.8) is 0 Å². The lowest BCUT2D eigenvalue weighted by Crippen LogP contribution is -2.23. The second-order valence-corrected chi connectivity index (χ2v) is 6.72. The van der Waals surface area contributed by atoms with E-state index in [1.54, 1.807) is 0 Å². The minimum atomic E-state index is 0.123. The van der Waals surface area contributed by atoms with Crippen molar-refractivity contribution in [2.24, 2.45) is 5.92 Å². The number of hydrogen-bond donors (Lipinski definition) is 1. The summed E-state index contributed by atoms with van der Waals surface area (Å²) >= 11 is 0. The molecule has 0 aromatic heterocycles. The Hall–Kier alpha value is -1.65. The molecule has 0 saturated carbocycles. The molecule has 4 nitrogen and oxygen atoms in total. The van der Waals surface area contributed by atoms with Gasteiger partial charge in [0.15, 0.2) is 0 Å². The maximum absolute atomic E-state index is 12.4. The summed E-state index contributed by atoms with van der Waals surface area (Å²) in [4.78, 5) is 14.8. The van der Waals surface area contributed by atoms with Gasteiger partial charge < -0.3 is 10.1 Å². The highest BCUT2D eigenvalue weighted by molar-refractivity contribution is 5.92. The molecule has 24 heavy (non-hydrogen) atoms. The van der Waals surface area contributed by atoms with Gasteiger partial charge in [0.25, 0.3) is 0 Å². The smallest absolute Gasteiger partial charge is 0.227 e. The fourth-order valence-electron chi connectivity index (χ4n) is 3.51. The second kappa shape index (κ2) is 8.45. The third-order valence-electron chi connectivity index (χ3n) is 4.87. The standard InChI is InChI=1S/C20H28N2O2/c1-2-24-12-6-11-22-14-17-9-10-19(13-18(17)15-22)21-20(23)16-7-4-3-5-8-16/h3-4,9-10,13,16H,2,5-8,11-12,14-15H2,1H3,(H,21,23)/t16-/m0/s1. The number of benzene rings is 1. The average molecular weight is 328 g/mol. The molecule has 0 fully saturated rings. The molecule has 0 saturated heterocycles. The van der Waals surface area contributed by atoms with Crippen molar-refractivity contribution in [3.05, 3.63) is 41.5 Å². The first-order valence-corrected chi connectivity index (χ1v) is 9.14. The van der Waals surface area contributed by atoms with Crippen LogP contribution in [0, 0.1) is 5.92 Å². The molecule has 2 aliphatic rings. The monoisotopic (exact) mass is 328 g/mol. The van der Waals surface area contributed by atoms with Gasteiger partial charge in [-0.2, -0.15) is 0 Å². The van der Waals surface area contributed by atoms with Crippen molar-refractivity contribution in [1.82, 2.24) is 4.90 Å². The Kier molecular flexibility index (Phi) is 6.05. The van der Waals surface area contributed by atoms with Crippen LogP contribution in [0.1, 0.15) is 43.7 Å². The molecular weight excluding hydrogens is 300 g/mol. The van der Waals surface area contributed by atoms with Crippen LogP contribution >= 0.6 is 0 Å². The average Bonchev–Trinajstić information content (AvgIpc) is 3.01. The van der Waals surface area contributed by atoms with Crippen LogP contribution in [0.3, 0.4) is 0 Å². The zero-order valence-corrected chi connectivity index (χ0v) is 14.6. The molecule has 1 aliphatic heterocycles. The van der Waals surface area contributed by atoms with Gasteiger partial charge in [0, 0.05) is 44.5 Å². The van der Waals surface area contributed by atoms with Crippen molar-refractivity contribution in [1.29, 1.82) is 0 Å². The first-order valence-electron chi connectivity index (χ1n) is 9.14. The molecule has 0 radical (unpaired) electrons. The SMILES string of the molecule is CCOCCCN1Cc2ccc(NC(=O)[C@H]3CC=CCC3)cc2C1. The summed E-state index contributed by atoms with van der Waals surface area (Å²) in [5, 5.41) is 3.10. The minimum absolute atomic E-state index is 0.123. The molecule has 1 atom stereocenters. The number of amides is 1. The fourth-order valence-corrected chi connectivity index (χ4v) is 3.51. The van der Waals surface area contributed by atoms with Crippen LogP contribution in [-0.2, 0) is 22.6 Å². The van der Waals surface area contributed by atoms with Crippen molar-refractivity contribution < 1.29 is 9.53 Å². The van der Waals surface area contributed by atoms with Gasteiger partial charge in [0.05, 0.1) is 0 Å². The highest BCUT2D eigenvalue weighted by atomic mass is 16.5. The zero-order valence-electron chi connectivity index (χ0n) is 14.6. The van der Waals surface area contributed by atoms with Crippen molar-refractivity contribution >= 4 is 11.6 Å². The Bertz CT molecular complexity index is 597. The normalized spacial score (nSPS) is 20.1. The summed E-state index contributed by atoms with van der Waals surface area (Å²) in [6, 6.07) is 6.35. The summed E-state index contributed by atoms with van der Waals surface area (Å²) in [6.07, 6.45) is 8.20. The molecule has 1 amide bonds. The molecule has 0 bridgehead atoms. The third-order valence-corrected chi connectivity index (χ3v) is 4.87. The van der Waals surface area contributed by atoms with Crippen LogP contribution in [0.25, 0.3) is 0 Å². The van der Waals surface area contributed by atoms with Gasteiger partial charge in [-0.1, -0.05) is 18.2 Å². The molecular formula is C20H28N2O2. The van der Waals surface area contributed by atoms with E-state index in [1.807, 2.05) is 13.0 Å². The predicted molar refractivity (Wildman–Crippen MR) is 96.8 cm³/mol. The Balaban J connectivity index is 1.52. The Morgan fingerprint density at radius 1 is 1.29 bits per heavy atom. The van der Waals surface area contributed by atoms with Crippen LogP contribution in [0.4, 0.5) is 5.69 Å². The zero-order chi connectivity index (χ0) is 16.8. The van der Waals surface area contributed by atoms with E-state index in [2.05, 4.69) is 34.5 Å². The molecule has 1 aliphatic carbocycles. The lowest BCUT2D eigenvalue weighted by atomic mass is 9.93. The van der Waals surface area contributed by atoms with E-state index in [1.165, 1.54) is 11.1 Å². The Labute approximate surface area is 144 Å². The van der Waals surface area contributed by atoms with E-state index in [-0.39, 0.29) is 11.8 Å². The van der Waals surface area contributed by atoms with Gasteiger partial charge in [-0.05, 0) is 55.9 Å². The lowest BCUT2D eigenvalue weighted by molar-refractivity contribution is -0.120. The molecule has 1 aromatic carbocycles. The third kappa shape index (κ3) is 4.46. The summed E-state index contributed by atoms with van der Waals surface area (Å²) in [5.41, 5.74) is 3.65. The highest BCUT2D eigenvalue weighted by Gasteiger charge is 2.21. The number of nitrogens with one attached hydrogen (secondary N) is 1. The number of fused-ring (bicyclic) bond motifs is 1. The van der Waals surface area contributed by atoms with E-state index in [0.29, 0.717) is 0 Å². The number of allylic oxidation sites excluding steroid dienone is 2. The van der Waals surface area contributed by atoms with Gasteiger partial charge in [-0.25, -0.2) is 0 Å². The van der Waals surface area contributed by atoms with E-state index in [9.17, 15) is 4.79 Å². The van der Waals surface area contributed by atoms with E-state index in [0.717, 1.165) is 64.2 Å². The van der Waals surface area contributed by atoms with Gasteiger partial charge in [-0.15, -0.1) is 0 Å². The number of carbonyl (C=O) groups is 1. The number of anilines is 1. The molecule has 1 heterocycles. The number of rotatable bonds is 7. The first-order chi connectivity index (χ1) is 11.8. The van der Waals surface area contributed by atoms with Crippen LogP contribution in [0.2, 0.25) is 0 Å². The van der Waals surface area contributed by atoms with E-state index >= 15 is 0 Å². The summed E-state index contributed by atoms with van der Waals surface area (Å²) in [6.45, 7) is 6.69. The van der Waals surface area contributed by atoms with Gasteiger partial charge in [0.2, 0.25) is 5.91 Å². The van der Waals surface area contributed by atoms with E-state index in [4.69, 9.17) is 4.74 Å². The fraction of sp³-hybridized carbons (Fsp3) is 0.550. The number of ether oxygens (including phenoxy) is 1. The molecule has 4 heteroatoms. The van der Waals surface area contributed by atoms with Crippen LogP contribution in [0.5, 0.6) is 0 Å². The number of carbonyl (C=O) groups excluding carboxylic acids is 1. The van der Waals surface area contributed by atoms with Crippen molar-refractivity contribution in [2.45, 2.75) is 45.7 Å². The maximum Gasteiger partial charge on any atom is 0.227 e. The van der Waals surface area contributed by atoms with Crippen LogP contribution in [0.15, 0.2) is 30.4 Å². The summed E-state index contributed by atoms with van der Waals surface area (Å²) in [5.74, 6) is 0.282. The predicted octanol–water partition coefficient (Wildman–Crippen LogP) is 3.72. The quantitative estimate of drug-likeness (QED) is 0.612. The second-order valence-electron chi connectivity index (χ2n) is 6.72. The van der Waals surface area contributed by atoms with Crippen molar-refractivity contribution in [2.75, 3.05) is 25.1 Å². The van der Waals surface area contributed by atoms with Crippen molar-refractivity contribution in [3.8, 4) is 0 Å². The maximum atomic E-state index is 12.4. The molecule has 130 valence electrons. The summed E-state index contributed by atoms with van der Waals surface area (Å²) in [7, 11) is 0. The summed E-state index contributed by atoms with van der Waals surface area (Å²) < 4.78 is 5.41. The Morgan fingerprint density at radius 2 is 2.17 bits per heavy atom. The molecule has 1 aromatic rings. The first kappa shape index (κ1) is 17.2. The Morgan fingerprint density at radius 3 is 2.96 bits per heavy atom. The number of nitrogens with zero attached hydrogens (tertiary/aromatic N) is 1. The highest BCUT2D eigenvalue weighted by Crippen LogP contribution is 2.27. The van der Waals surface area contributed by atoms with Crippen LogP contribution < -0.4 is 5.32 Å². The largest absolute Gasteiger partial charge is 0.382 e.